The smallest absolute Gasteiger partial charge is 0.252 e. The molecule has 0 radical (unpaired) electrons. The molecule has 0 saturated carbocycles. The summed E-state index contributed by atoms with van der Waals surface area (Å²) in [5, 5.41) is 14.2. The standard InChI is InChI=1S/C24H24N2O5/c1-13(2)20(23(29)26-12-6-11-18(26)24(30)31)25-22(28)17-10-5-9-16-19(17)14-7-3-4-8-15(14)21(16)27/h3-5,7-10,13,18,20H,6,11-12H2,1-2H3,(H,25,28)(H,30,31)/p-1/t18-,20-/m0/s1. The van der Waals surface area contributed by atoms with Crippen LogP contribution in [0.2, 0.25) is 0 Å². The number of nitrogens with zero attached hydrogens (tertiary/aromatic N) is 1. The quantitative estimate of drug-likeness (QED) is 0.673. The maximum absolute atomic E-state index is 13.2. The van der Waals surface area contributed by atoms with Crippen LogP contribution < -0.4 is 10.4 Å². The summed E-state index contributed by atoms with van der Waals surface area (Å²) in [4.78, 5) is 51.8. The van der Waals surface area contributed by atoms with E-state index in [1.807, 2.05) is 6.07 Å². The molecule has 7 nitrogen and oxygen atoms in total. The van der Waals surface area contributed by atoms with Crippen molar-refractivity contribution in [3.05, 3.63) is 59.2 Å². The van der Waals surface area contributed by atoms with Gasteiger partial charge in [-0.05, 0) is 30.4 Å². The highest BCUT2D eigenvalue weighted by molar-refractivity contribution is 6.24. The van der Waals surface area contributed by atoms with Crippen molar-refractivity contribution in [1.29, 1.82) is 0 Å². The molecule has 0 aromatic heterocycles. The number of nitrogens with one attached hydrogen (secondary N) is 1. The number of ketones is 1. The minimum atomic E-state index is -1.28. The Kier molecular flexibility index (Phi) is 5.35. The van der Waals surface area contributed by atoms with Gasteiger partial charge in [0.05, 0.1) is 12.0 Å². The summed E-state index contributed by atoms with van der Waals surface area (Å²) in [5.41, 5.74) is 2.56. The lowest BCUT2D eigenvalue weighted by molar-refractivity contribution is -0.310. The van der Waals surface area contributed by atoms with Gasteiger partial charge in [-0.1, -0.05) is 50.2 Å². The fraction of sp³-hybridized carbons (Fsp3) is 0.333. The number of likely N-dealkylation sites (tertiary alicyclic amines) is 1. The molecule has 2 amide bonds. The second kappa shape index (κ2) is 7.98. The molecule has 4 rings (SSSR count). The van der Waals surface area contributed by atoms with Crippen LogP contribution in [0.4, 0.5) is 0 Å². The van der Waals surface area contributed by atoms with Crippen molar-refractivity contribution in [3.8, 4) is 11.1 Å². The van der Waals surface area contributed by atoms with Gasteiger partial charge >= 0.3 is 0 Å². The number of carboxylic acids is 1. The van der Waals surface area contributed by atoms with Crippen LogP contribution in [0, 0.1) is 5.92 Å². The van der Waals surface area contributed by atoms with Gasteiger partial charge in [-0.25, -0.2) is 0 Å². The molecule has 1 saturated heterocycles. The van der Waals surface area contributed by atoms with Crippen LogP contribution in [0.25, 0.3) is 11.1 Å². The minimum absolute atomic E-state index is 0.134. The Balaban J connectivity index is 1.65. The third-order valence-corrected chi connectivity index (χ3v) is 6.02. The van der Waals surface area contributed by atoms with E-state index >= 15 is 0 Å². The molecule has 160 valence electrons. The Morgan fingerprint density at radius 1 is 1.03 bits per heavy atom. The number of benzene rings is 2. The third kappa shape index (κ3) is 3.50. The zero-order chi connectivity index (χ0) is 22.3. The molecule has 2 atom stereocenters. The molecule has 0 bridgehead atoms. The SMILES string of the molecule is CC(C)[C@H](NC(=O)c1cccc2c1-c1ccccc1C2=O)C(=O)N1CCC[C@H]1C(=O)[O-]. The van der Waals surface area contributed by atoms with Gasteiger partial charge in [-0.3, -0.25) is 14.4 Å². The second-order valence-electron chi connectivity index (χ2n) is 8.31. The van der Waals surface area contributed by atoms with Crippen LogP contribution in [0.5, 0.6) is 0 Å². The Hall–Kier alpha value is -3.48. The lowest BCUT2D eigenvalue weighted by Gasteiger charge is -2.31. The summed E-state index contributed by atoms with van der Waals surface area (Å²) in [6.45, 7) is 3.90. The fourth-order valence-electron chi connectivity index (χ4n) is 4.45. The summed E-state index contributed by atoms with van der Waals surface area (Å²) in [6.07, 6.45) is 0.923. The van der Waals surface area contributed by atoms with E-state index in [2.05, 4.69) is 5.32 Å². The van der Waals surface area contributed by atoms with E-state index in [9.17, 15) is 24.3 Å². The summed E-state index contributed by atoms with van der Waals surface area (Å²) in [7, 11) is 0. The molecular formula is C24H23N2O5-. The van der Waals surface area contributed by atoms with Crippen LogP contribution in [-0.2, 0) is 9.59 Å². The van der Waals surface area contributed by atoms with Crippen LogP contribution in [0.1, 0.15) is 53.0 Å². The number of carboxylic acid groups (broad SMARTS) is 1. The molecule has 1 N–H and O–H groups in total. The highest BCUT2D eigenvalue weighted by Crippen LogP contribution is 2.38. The van der Waals surface area contributed by atoms with Gasteiger partial charge in [-0.2, -0.15) is 0 Å². The molecule has 2 aromatic rings. The Labute approximate surface area is 180 Å². The van der Waals surface area contributed by atoms with Gasteiger partial charge in [0, 0.05) is 28.8 Å². The van der Waals surface area contributed by atoms with E-state index in [4.69, 9.17) is 0 Å². The maximum atomic E-state index is 13.2. The van der Waals surface area contributed by atoms with Gasteiger partial charge in [0.2, 0.25) is 5.91 Å². The van der Waals surface area contributed by atoms with E-state index < -0.39 is 29.9 Å². The van der Waals surface area contributed by atoms with Gasteiger partial charge in [0.1, 0.15) is 6.04 Å². The Morgan fingerprint density at radius 3 is 2.39 bits per heavy atom. The molecule has 0 spiro atoms. The zero-order valence-electron chi connectivity index (χ0n) is 17.4. The average Bonchev–Trinajstić information content (AvgIpc) is 3.35. The third-order valence-electron chi connectivity index (χ3n) is 6.02. The van der Waals surface area contributed by atoms with Crippen molar-refractivity contribution in [3.63, 3.8) is 0 Å². The predicted octanol–water partition coefficient (Wildman–Crippen LogP) is 1.39. The summed E-state index contributed by atoms with van der Waals surface area (Å²) in [6, 6.07) is 10.2. The predicted molar refractivity (Wildman–Crippen MR) is 111 cm³/mol. The largest absolute Gasteiger partial charge is 0.548 e. The van der Waals surface area contributed by atoms with Crippen LogP contribution in [-0.4, -0.2) is 47.1 Å². The first-order valence-corrected chi connectivity index (χ1v) is 10.4. The first-order valence-electron chi connectivity index (χ1n) is 10.4. The van der Waals surface area contributed by atoms with E-state index in [-0.39, 0.29) is 11.7 Å². The van der Waals surface area contributed by atoms with E-state index in [0.29, 0.717) is 47.2 Å². The molecular weight excluding hydrogens is 396 g/mol. The fourth-order valence-corrected chi connectivity index (χ4v) is 4.45. The van der Waals surface area contributed by atoms with Gasteiger partial charge in [0.15, 0.2) is 5.78 Å². The van der Waals surface area contributed by atoms with Crippen molar-refractivity contribution >= 4 is 23.6 Å². The van der Waals surface area contributed by atoms with Crippen LogP contribution in [0.3, 0.4) is 0 Å². The minimum Gasteiger partial charge on any atom is -0.548 e. The summed E-state index contributed by atoms with van der Waals surface area (Å²) in [5.74, 6) is -2.58. The molecule has 31 heavy (non-hydrogen) atoms. The maximum Gasteiger partial charge on any atom is 0.252 e. The number of amides is 2. The van der Waals surface area contributed by atoms with Crippen molar-refractivity contribution in [1.82, 2.24) is 10.2 Å². The number of aliphatic carboxylic acids is 1. The zero-order valence-corrected chi connectivity index (χ0v) is 17.4. The highest BCUT2D eigenvalue weighted by atomic mass is 16.4. The lowest BCUT2D eigenvalue weighted by atomic mass is 9.97. The van der Waals surface area contributed by atoms with E-state index in [0.717, 1.165) is 0 Å². The number of carbonyl (C=O) groups is 4. The molecule has 1 aliphatic carbocycles. The summed E-state index contributed by atoms with van der Waals surface area (Å²) >= 11 is 0. The van der Waals surface area contributed by atoms with Gasteiger partial charge in [0.25, 0.3) is 5.91 Å². The van der Waals surface area contributed by atoms with Crippen molar-refractivity contribution in [2.45, 2.75) is 38.8 Å². The Bertz CT molecular complexity index is 1090. The highest BCUT2D eigenvalue weighted by Gasteiger charge is 2.37. The number of rotatable bonds is 5. The molecule has 0 unspecified atom stereocenters. The number of hydrogen-bond acceptors (Lipinski definition) is 5. The van der Waals surface area contributed by atoms with E-state index in [1.165, 1.54) is 4.90 Å². The van der Waals surface area contributed by atoms with Crippen LogP contribution in [0.15, 0.2) is 42.5 Å². The number of carbonyl (C=O) groups excluding carboxylic acids is 4. The van der Waals surface area contributed by atoms with Crippen molar-refractivity contribution < 1.29 is 24.3 Å². The molecule has 1 fully saturated rings. The first kappa shape index (κ1) is 20.8. The van der Waals surface area contributed by atoms with Crippen LogP contribution >= 0.6 is 0 Å². The lowest BCUT2D eigenvalue weighted by Crippen LogP contribution is -2.55. The molecule has 7 heteroatoms. The monoisotopic (exact) mass is 419 g/mol. The molecule has 1 heterocycles. The second-order valence-corrected chi connectivity index (χ2v) is 8.31. The van der Waals surface area contributed by atoms with E-state index in [1.54, 1.807) is 50.2 Å². The summed E-state index contributed by atoms with van der Waals surface area (Å²) < 4.78 is 0. The normalized spacial score (nSPS) is 18.0. The first-order chi connectivity index (χ1) is 14.8. The van der Waals surface area contributed by atoms with Crippen molar-refractivity contribution in [2.24, 2.45) is 5.92 Å². The number of hydrogen-bond donors (Lipinski definition) is 1. The van der Waals surface area contributed by atoms with Crippen molar-refractivity contribution in [2.75, 3.05) is 6.54 Å². The topological polar surface area (TPSA) is 107 Å². The number of fused-ring (bicyclic) bond motifs is 3. The van der Waals surface area contributed by atoms with Gasteiger partial charge < -0.3 is 20.1 Å². The van der Waals surface area contributed by atoms with Gasteiger partial charge in [-0.15, -0.1) is 0 Å². The molecule has 2 aromatic carbocycles. The Morgan fingerprint density at radius 2 is 1.71 bits per heavy atom. The molecule has 2 aliphatic rings. The molecule has 1 aliphatic heterocycles. The average molecular weight is 419 g/mol.